The van der Waals surface area contributed by atoms with E-state index in [1.54, 1.807) is 12.1 Å². The highest BCUT2D eigenvalue weighted by molar-refractivity contribution is 6.02. The highest BCUT2D eigenvalue weighted by atomic mass is 16.5. The molecule has 0 saturated carbocycles. The molecule has 1 aromatic carbocycles. The summed E-state index contributed by atoms with van der Waals surface area (Å²) in [6.07, 6.45) is 3.12. The molecule has 1 aromatic heterocycles. The number of hydrogen-bond acceptors (Lipinski definition) is 5. The van der Waals surface area contributed by atoms with Crippen molar-refractivity contribution in [2.45, 2.75) is 26.3 Å². The fourth-order valence-electron chi connectivity index (χ4n) is 3.39. The summed E-state index contributed by atoms with van der Waals surface area (Å²) in [4.78, 5) is 16.7. The summed E-state index contributed by atoms with van der Waals surface area (Å²) in [6, 6.07) is 10.9. The monoisotopic (exact) mass is 414 g/mol. The predicted molar refractivity (Wildman–Crippen MR) is 115 cm³/mol. The van der Waals surface area contributed by atoms with Crippen LogP contribution in [-0.4, -0.2) is 49.9 Å². The van der Waals surface area contributed by atoms with E-state index in [1.807, 2.05) is 31.2 Å². The molecule has 30 heavy (non-hydrogen) atoms. The maximum atomic E-state index is 12.0. The van der Waals surface area contributed by atoms with E-state index in [4.69, 9.17) is 9.15 Å². The molecule has 2 aromatic rings. The van der Waals surface area contributed by atoms with E-state index in [-0.39, 0.29) is 23.7 Å². The summed E-state index contributed by atoms with van der Waals surface area (Å²) in [5, 5.41) is 18.8. The SMILES string of the molecule is CCNC(=NCc1ccc(NC(=O)c2ccco2)cc1)NCC1(CCO)CCOC1. The number of aliphatic hydroxyl groups excluding tert-OH is 1. The topological polar surface area (TPSA) is 108 Å². The van der Waals surface area contributed by atoms with Gasteiger partial charge in [0.1, 0.15) is 0 Å². The van der Waals surface area contributed by atoms with Gasteiger partial charge in [0.25, 0.3) is 5.91 Å². The second-order valence-corrected chi connectivity index (χ2v) is 7.45. The summed E-state index contributed by atoms with van der Waals surface area (Å²) in [6.45, 7) is 5.54. The van der Waals surface area contributed by atoms with Crippen LogP contribution in [0.5, 0.6) is 0 Å². The molecule has 1 unspecified atom stereocenters. The Labute approximate surface area is 176 Å². The van der Waals surface area contributed by atoms with Gasteiger partial charge < -0.3 is 30.2 Å². The first-order chi connectivity index (χ1) is 14.6. The molecular weight excluding hydrogens is 384 g/mol. The van der Waals surface area contributed by atoms with E-state index >= 15 is 0 Å². The second kappa shape index (κ2) is 10.8. The van der Waals surface area contributed by atoms with E-state index in [0.717, 1.165) is 31.1 Å². The Hall–Kier alpha value is -2.84. The standard InChI is InChI=1S/C22H30N4O4/c1-2-23-21(25-15-22(9-11-27)10-13-29-16-22)24-14-17-5-7-18(8-6-17)26-20(28)19-4-3-12-30-19/h3-8,12,27H,2,9-11,13-16H2,1H3,(H,26,28)(H2,23,24,25). The Kier molecular flexibility index (Phi) is 7.87. The van der Waals surface area contributed by atoms with E-state index in [1.165, 1.54) is 6.26 Å². The van der Waals surface area contributed by atoms with Crippen molar-refractivity contribution in [2.75, 3.05) is 38.2 Å². The molecule has 0 spiro atoms. The minimum atomic E-state index is -0.280. The second-order valence-electron chi connectivity index (χ2n) is 7.45. The van der Waals surface area contributed by atoms with Crippen LogP contribution in [0.25, 0.3) is 0 Å². The van der Waals surface area contributed by atoms with Gasteiger partial charge in [-0.3, -0.25) is 4.79 Å². The van der Waals surface area contributed by atoms with Crippen molar-refractivity contribution in [2.24, 2.45) is 10.4 Å². The Morgan fingerprint density at radius 2 is 2.07 bits per heavy atom. The Balaban J connectivity index is 1.55. The van der Waals surface area contributed by atoms with Crippen LogP contribution in [0.3, 0.4) is 0 Å². The number of amides is 1. The summed E-state index contributed by atoms with van der Waals surface area (Å²) in [5.74, 6) is 0.727. The van der Waals surface area contributed by atoms with Crippen molar-refractivity contribution in [1.82, 2.24) is 10.6 Å². The number of nitrogens with zero attached hydrogens (tertiary/aromatic N) is 1. The molecule has 1 aliphatic heterocycles. The lowest BCUT2D eigenvalue weighted by Crippen LogP contribution is -2.44. The van der Waals surface area contributed by atoms with Crippen molar-refractivity contribution < 1.29 is 19.1 Å². The largest absolute Gasteiger partial charge is 0.459 e. The van der Waals surface area contributed by atoms with Crippen LogP contribution in [0, 0.1) is 5.41 Å². The highest BCUT2D eigenvalue weighted by Gasteiger charge is 2.34. The molecule has 0 radical (unpaired) electrons. The molecule has 3 rings (SSSR count). The third-order valence-corrected chi connectivity index (χ3v) is 5.18. The molecule has 1 aliphatic rings. The molecule has 1 amide bonds. The molecule has 1 fully saturated rings. The fraction of sp³-hybridized carbons (Fsp3) is 0.455. The number of aliphatic hydroxyl groups is 1. The lowest BCUT2D eigenvalue weighted by molar-refractivity contribution is 0.0996. The van der Waals surface area contributed by atoms with Crippen molar-refractivity contribution in [1.29, 1.82) is 0 Å². The van der Waals surface area contributed by atoms with Crippen LogP contribution in [-0.2, 0) is 11.3 Å². The zero-order valence-electron chi connectivity index (χ0n) is 17.3. The number of carbonyl (C=O) groups excluding carboxylic acids is 1. The van der Waals surface area contributed by atoms with E-state index in [2.05, 4.69) is 20.9 Å². The predicted octanol–water partition coefficient (Wildman–Crippen LogP) is 2.38. The number of carbonyl (C=O) groups is 1. The number of ether oxygens (including phenoxy) is 1. The van der Waals surface area contributed by atoms with Gasteiger partial charge in [-0.05, 0) is 49.6 Å². The average molecular weight is 415 g/mol. The van der Waals surface area contributed by atoms with Gasteiger partial charge in [-0.15, -0.1) is 0 Å². The Morgan fingerprint density at radius 1 is 1.23 bits per heavy atom. The molecule has 1 saturated heterocycles. The number of guanidine groups is 1. The van der Waals surface area contributed by atoms with Gasteiger partial charge in [0.15, 0.2) is 11.7 Å². The van der Waals surface area contributed by atoms with E-state index in [9.17, 15) is 9.90 Å². The molecule has 4 N–H and O–H groups in total. The van der Waals surface area contributed by atoms with Crippen molar-refractivity contribution in [3.8, 4) is 0 Å². The third kappa shape index (κ3) is 6.08. The average Bonchev–Trinajstić information content (AvgIpc) is 3.44. The van der Waals surface area contributed by atoms with Gasteiger partial charge in [-0.2, -0.15) is 0 Å². The highest BCUT2D eigenvalue weighted by Crippen LogP contribution is 2.31. The van der Waals surface area contributed by atoms with Crippen LogP contribution in [0.1, 0.15) is 35.9 Å². The Morgan fingerprint density at radius 3 is 2.70 bits per heavy atom. The molecule has 2 heterocycles. The van der Waals surface area contributed by atoms with Crippen LogP contribution in [0.15, 0.2) is 52.1 Å². The Bertz CT molecular complexity index is 812. The van der Waals surface area contributed by atoms with Crippen molar-refractivity contribution in [3.05, 3.63) is 54.0 Å². The van der Waals surface area contributed by atoms with Gasteiger partial charge in [0.2, 0.25) is 0 Å². The van der Waals surface area contributed by atoms with Crippen LogP contribution in [0.4, 0.5) is 5.69 Å². The lowest BCUT2D eigenvalue weighted by Gasteiger charge is -2.27. The number of hydrogen-bond donors (Lipinski definition) is 4. The number of furan rings is 1. The summed E-state index contributed by atoms with van der Waals surface area (Å²) in [7, 11) is 0. The molecule has 162 valence electrons. The number of anilines is 1. The van der Waals surface area contributed by atoms with Gasteiger partial charge in [0, 0.05) is 37.4 Å². The van der Waals surface area contributed by atoms with Crippen molar-refractivity contribution in [3.63, 3.8) is 0 Å². The summed E-state index contributed by atoms with van der Waals surface area (Å²) < 4.78 is 10.6. The first kappa shape index (κ1) is 21.9. The number of aliphatic imine (C=N–C) groups is 1. The maximum absolute atomic E-state index is 12.0. The first-order valence-electron chi connectivity index (χ1n) is 10.3. The molecule has 0 bridgehead atoms. The normalized spacial score (nSPS) is 18.9. The van der Waals surface area contributed by atoms with Gasteiger partial charge in [-0.25, -0.2) is 4.99 Å². The number of rotatable bonds is 9. The minimum absolute atomic E-state index is 0.0429. The quantitative estimate of drug-likeness (QED) is 0.371. The van der Waals surface area contributed by atoms with Crippen LogP contribution in [0.2, 0.25) is 0 Å². The minimum Gasteiger partial charge on any atom is -0.459 e. The number of nitrogens with one attached hydrogen (secondary N) is 3. The van der Waals surface area contributed by atoms with Gasteiger partial charge in [0.05, 0.1) is 19.4 Å². The zero-order chi connectivity index (χ0) is 21.2. The van der Waals surface area contributed by atoms with Crippen molar-refractivity contribution >= 4 is 17.6 Å². The molecular formula is C22H30N4O4. The molecule has 8 nitrogen and oxygen atoms in total. The fourth-order valence-corrected chi connectivity index (χ4v) is 3.39. The van der Waals surface area contributed by atoms with E-state index < -0.39 is 0 Å². The summed E-state index contributed by atoms with van der Waals surface area (Å²) >= 11 is 0. The molecule has 8 heteroatoms. The summed E-state index contributed by atoms with van der Waals surface area (Å²) in [5.41, 5.74) is 1.68. The smallest absolute Gasteiger partial charge is 0.291 e. The van der Waals surface area contributed by atoms with Crippen LogP contribution < -0.4 is 16.0 Å². The first-order valence-corrected chi connectivity index (χ1v) is 10.3. The van der Waals surface area contributed by atoms with Crippen LogP contribution >= 0.6 is 0 Å². The number of benzene rings is 1. The lowest BCUT2D eigenvalue weighted by atomic mass is 9.84. The molecule has 0 aliphatic carbocycles. The molecule has 1 atom stereocenters. The zero-order valence-corrected chi connectivity index (χ0v) is 17.3. The van der Waals surface area contributed by atoms with Gasteiger partial charge in [-0.1, -0.05) is 12.1 Å². The van der Waals surface area contributed by atoms with Gasteiger partial charge >= 0.3 is 0 Å². The third-order valence-electron chi connectivity index (χ3n) is 5.18. The maximum Gasteiger partial charge on any atom is 0.291 e. The van der Waals surface area contributed by atoms with E-state index in [0.29, 0.717) is 31.8 Å².